The van der Waals surface area contributed by atoms with Gasteiger partial charge in [0.2, 0.25) is 5.95 Å². The molecule has 1 saturated heterocycles. The Morgan fingerprint density at radius 3 is 2.65 bits per heavy atom. The van der Waals surface area contributed by atoms with E-state index in [9.17, 15) is 4.39 Å². The summed E-state index contributed by atoms with van der Waals surface area (Å²) >= 11 is 0. The van der Waals surface area contributed by atoms with Crippen LogP contribution in [0.3, 0.4) is 0 Å². The fourth-order valence-corrected chi connectivity index (χ4v) is 4.64. The van der Waals surface area contributed by atoms with Crippen molar-refractivity contribution >= 4 is 17.3 Å². The molecule has 0 saturated carbocycles. The van der Waals surface area contributed by atoms with E-state index in [2.05, 4.69) is 25.4 Å². The molecule has 2 aromatic carbocycles. The Hall–Kier alpha value is -4.24. The second-order valence-corrected chi connectivity index (χ2v) is 9.22. The highest BCUT2D eigenvalue weighted by Gasteiger charge is 2.12. The van der Waals surface area contributed by atoms with Crippen LogP contribution in [0, 0.1) is 5.82 Å². The standard InChI is InChI=1S/C28H28FN7O/c29-23-6-3-5-21(17-23)19-35-20-22(18-30-35)26-7-4-8-27-32-28(33-36(26)27)31-24-9-11-25(12-10-24)37-16-15-34-13-1-2-14-34/h3-12,17-18,20H,1-2,13-16,19H2,(H,31,33). The van der Waals surface area contributed by atoms with Crippen LogP contribution in [0.25, 0.3) is 16.9 Å². The maximum atomic E-state index is 13.5. The fourth-order valence-electron chi connectivity index (χ4n) is 4.64. The molecule has 1 N–H and O–H groups in total. The summed E-state index contributed by atoms with van der Waals surface area (Å²) in [4.78, 5) is 7.07. The van der Waals surface area contributed by atoms with E-state index in [0.29, 0.717) is 19.1 Å². The third kappa shape index (κ3) is 5.46. The van der Waals surface area contributed by atoms with Gasteiger partial charge in [-0.25, -0.2) is 8.91 Å². The second kappa shape index (κ2) is 10.4. The smallest absolute Gasteiger partial charge is 0.247 e. The summed E-state index contributed by atoms with van der Waals surface area (Å²) < 4.78 is 23.0. The van der Waals surface area contributed by atoms with Crippen LogP contribution in [-0.2, 0) is 6.54 Å². The number of rotatable bonds is 9. The number of pyridine rings is 1. The summed E-state index contributed by atoms with van der Waals surface area (Å²) in [6.07, 6.45) is 6.29. The van der Waals surface area contributed by atoms with E-state index >= 15 is 0 Å². The molecule has 0 unspecified atom stereocenters. The van der Waals surface area contributed by atoms with Crippen LogP contribution in [0.5, 0.6) is 5.75 Å². The lowest BCUT2D eigenvalue weighted by molar-refractivity contribution is 0.238. The molecular weight excluding hydrogens is 469 g/mol. The summed E-state index contributed by atoms with van der Waals surface area (Å²) in [6.45, 7) is 4.50. The first-order valence-electron chi connectivity index (χ1n) is 12.5. The van der Waals surface area contributed by atoms with Crippen molar-refractivity contribution < 1.29 is 9.13 Å². The van der Waals surface area contributed by atoms with Gasteiger partial charge >= 0.3 is 0 Å². The SMILES string of the molecule is Fc1cccc(Cn2cc(-c3cccc4nc(Nc5ccc(OCCN6CCCC6)cc5)nn34)cn2)c1. The van der Waals surface area contributed by atoms with Crippen LogP contribution in [0.15, 0.2) is 79.1 Å². The lowest BCUT2D eigenvalue weighted by Gasteiger charge is -2.15. The summed E-state index contributed by atoms with van der Waals surface area (Å²) in [7, 11) is 0. The van der Waals surface area contributed by atoms with Crippen molar-refractivity contribution in [2.75, 3.05) is 31.6 Å². The normalized spacial score (nSPS) is 13.9. The van der Waals surface area contributed by atoms with Crippen molar-refractivity contribution in [3.05, 3.63) is 90.5 Å². The van der Waals surface area contributed by atoms with E-state index in [-0.39, 0.29) is 5.82 Å². The molecule has 4 heterocycles. The molecule has 1 fully saturated rings. The number of ether oxygens (including phenoxy) is 1. The maximum Gasteiger partial charge on any atom is 0.247 e. The Bertz CT molecular complexity index is 1490. The quantitative estimate of drug-likeness (QED) is 0.309. The van der Waals surface area contributed by atoms with Gasteiger partial charge in [0.25, 0.3) is 0 Å². The molecule has 37 heavy (non-hydrogen) atoms. The summed E-state index contributed by atoms with van der Waals surface area (Å²) in [6, 6.07) is 20.2. The summed E-state index contributed by atoms with van der Waals surface area (Å²) in [5.74, 6) is 1.10. The Labute approximate surface area is 214 Å². The Morgan fingerprint density at radius 2 is 1.81 bits per heavy atom. The second-order valence-electron chi connectivity index (χ2n) is 9.22. The van der Waals surface area contributed by atoms with E-state index in [0.717, 1.165) is 40.4 Å². The average molecular weight is 498 g/mol. The highest BCUT2D eigenvalue weighted by molar-refractivity contribution is 5.64. The van der Waals surface area contributed by atoms with Crippen molar-refractivity contribution in [2.24, 2.45) is 0 Å². The molecular formula is C28H28FN7O. The average Bonchev–Trinajstić information content (AvgIpc) is 3.66. The first kappa shape index (κ1) is 23.2. The van der Waals surface area contributed by atoms with Gasteiger partial charge in [0.05, 0.1) is 18.4 Å². The van der Waals surface area contributed by atoms with Gasteiger partial charge in [-0.2, -0.15) is 10.1 Å². The number of anilines is 2. The number of fused-ring (bicyclic) bond motifs is 1. The van der Waals surface area contributed by atoms with Crippen molar-refractivity contribution in [3.8, 4) is 17.0 Å². The minimum absolute atomic E-state index is 0.253. The van der Waals surface area contributed by atoms with Crippen LogP contribution in [0.4, 0.5) is 16.0 Å². The first-order valence-corrected chi connectivity index (χ1v) is 12.5. The van der Waals surface area contributed by atoms with Crippen LogP contribution in [0.1, 0.15) is 18.4 Å². The van der Waals surface area contributed by atoms with E-state index < -0.39 is 0 Å². The van der Waals surface area contributed by atoms with Gasteiger partial charge in [0.1, 0.15) is 18.2 Å². The number of hydrogen-bond donors (Lipinski definition) is 1. The largest absolute Gasteiger partial charge is 0.492 e. The molecule has 6 rings (SSSR count). The fraction of sp³-hybridized carbons (Fsp3) is 0.250. The number of halogens is 1. The highest BCUT2D eigenvalue weighted by Crippen LogP contribution is 2.23. The van der Waals surface area contributed by atoms with Gasteiger partial charge in [0, 0.05) is 24.0 Å². The predicted molar refractivity (Wildman–Crippen MR) is 141 cm³/mol. The van der Waals surface area contributed by atoms with E-state index in [1.807, 2.05) is 54.7 Å². The van der Waals surface area contributed by atoms with Crippen molar-refractivity contribution in [2.45, 2.75) is 19.4 Å². The van der Waals surface area contributed by atoms with Crippen molar-refractivity contribution in [3.63, 3.8) is 0 Å². The molecule has 0 amide bonds. The van der Waals surface area contributed by atoms with E-state index in [4.69, 9.17) is 4.74 Å². The lowest BCUT2D eigenvalue weighted by atomic mass is 10.2. The Morgan fingerprint density at radius 1 is 0.973 bits per heavy atom. The van der Waals surface area contributed by atoms with Crippen LogP contribution < -0.4 is 10.1 Å². The Kier molecular flexibility index (Phi) is 6.51. The lowest BCUT2D eigenvalue weighted by Crippen LogP contribution is -2.25. The maximum absolute atomic E-state index is 13.5. The molecule has 9 heteroatoms. The van der Waals surface area contributed by atoms with Gasteiger partial charge < -0.3 is 10.1 Å². The molecule has 0 spiro atoms. The van der Waals surface area contributed by atoms with Crippen LogP contribution >= 0.6 is 0 Å². The zero-order valence-electron chi connectivity index (χ0n) is 20.4. The predicted octanol–water partition coefficient (Wildman–Crippen LogP) is 5.00. The molecule has 1 aliphatic heterocycles. The first-order chi connectivity index (χ1) is 18.2. The molecule has 5 aromatic rings. The summed E-state index contributed by atoms with van der Waals surface area (Å²) in [5.41, 5.74) is 4.22. The third-order valence-electron chi connectivity index (χ3n) is 6.51. The number of benzene rings is 2. The van der Waals surface area contributed by atoms with Gasteiger partial charge in [-0.05, 0) is 80.0 Å². The molecule has 0 radical (unpaired) electrons. The molecule has 0 bridgehead atoms. The third-order valence-corrected chi connectivity index (χ3v) is 6.51. The van der Waals surface area contributed by atoms with Gasteiger partial charge in [-0.3, -0.25) is 9.58 Å². The topological polar surface area (TPSA) is 72.5 Å². The molecule has 188 valence electrons. The molecule has 0 atom stereocenters. The molecule has 1 aliphatic rings. The molecule has 3 aromatic heterocycles. The van der Waals surface area contributed by atoms with Gasteiger partial charge in [-0.15, -0.1) is 5.10 Å². The van der Waals surface area contributed by atoms with Gasteiger partial charge in [0.15, 0.2) is 5.65 Å². The summed E-state index contributed by atoms with van der Waals surface area (Å²) in [5, 5.41) is 12.4. The number of aromatic nitrogens is 5. The number of hydrogen-bond acceptors (Lipinski definition) is 6. The zero-order chi connectivity index (χ0) is 25.0. The number of nitrogens with one attached hydrogen (secondary N) is 1. The zero-order valence-corrected chi connectivity index (χ0v) is 20.4. The Balaban J connectivity index is 1.13. The number of likely N-dealkylation sites (tertiary alicyclic amines) is 1. The number of nitrogens with zero attached hydrogens (tertiary/aromatic N) is 6. The van der Waals surface area contributed by atoms with E-state index in [1.54, 1.807) is 21.5 Å². The monoisotopic (exact) mass is 497 g/mol. The highest BCUT2D eigenvalue weighted by atomic mass is 19.1. The van der Waals surface area contributed by atoms with Crippen molar-refractivity contribution in [1.29, 1.82) is 0 Å². The van der Waals surface area contributed by atoms with Crippen LogP contribution in [-0.4, -0.2) is 55.5 Å². The van der Waals surface area contributed by atoms with Crippen molar-refractivity contribution in [1.82, 2.24) is 29.3 Å². The molecule has 0 aliphatic carbocycles. The minimum atomic E-state index is -0.253. The van der Waals surface area contributed by atoms with Crippen LogP contribution in [0.2, 0.25) is 0 Å². The minimum Gasteiger partial charge on any atom is -0.492 e. The van der Waals surface area contributed by atoms with E-state index in [1.165, 1.54) is 38.1 Å². The molecule has 8 nitrogen and oxygen atoms in total. The van der Waals surface area contributed by atoms with Gasteiger partial charge in [-0.1, -0.05) is 18.2 Å².